The molecule has 0 bridgehead atoms. The zero-order valence-electron chi connectivity index (χ0n) is 16.3. The number of carbonyl (C=O) groups excluding carboxylic acids is 2. The number of hydrazone groups is 1. The lowest BCUT2D eigenvalue weighted by Gasteiger charge is -2.17. The minimum Gasteiger partial charge on any atom is -0.508 e. The molecule has 11 heteroatoms. The number of benzene rings is 2. The quantitative estimate of drug-likeness (QED) is 0.361. The molecule has 0 heterocycles. The standard InChI is InChI=1S/C20H20F3N3O4S/c1-31-9-8-16(19(30)26-24-11-13-4-7-15(27)10-17(13)28)25-18(29)12-2-5-14(6-3-12)20(21,22)23/h2-7,10-11,16,27-28H,8-9H2,1H3,(H,25,29)(H,26,30). The summed E-state index contributed by atoms with van der Waals surface area (Å²) in [5.74, 6) is -1.18. The molecule has 0 aliphatic rings. The summed E-state index contributed by atoms with van der Waals surface area (Å²) in [6.07, 6.45) is -1.27. The Morgan fingerprint density at radius 2 is 1.84 bits per heavy atom. The summed E-state index contributed by atoms with van der Waals surface area (Å²) in [5, 5.41) is 25.2. The van der Waals surface area contributed by atoms with E-state index in [0.717, 1.165) is 36.5 Å². The molecule has 31 heavy (non-hydrogen) atoms. The zero-order valence-corrected chi connectivity index (χ0v) is 17.1. The third kappa shape index (κ3) is 7.21. The Labute approximate surface area is 180 Å². The molecule has 1 atom stereocenters. The zero-order chi connectivity index (χ0) is 23.0. The third-order valence-electron chi connectivity index (χ3n) is 4.10. The number of nitrogens with zero attached hydrogens (tertiary/aromatic N) is 1. The van der Waals surface area contributed by atoms with Crippen LogP contribution in [0.1, 0.15) is 27.9 Å². The van der Waals surface area contributed by atoms with E-state index < -0.39 is 29.6 Å². The molecular weight excluding hydrogens is 435 g/mol. The average Bonchev–Trinajstić information content (AvgIpc) is 2.71. The molecule has 1 unspecified atom stereocenters. The van der Waals surface area contributed by atoms with Crippen molar-refractivity contribution in [2.24, 2.45) is 5.10 Å². The van der Waals surface area contributed by atoms with Gasteiger partial charge in [-0.25, -0.2) is 5.43 Å². The molecule has 0 radical (unpaired) electrons. The molecule has 7 nitrogen and oxygen atoms in total. The Balaban J connectivity index is 2.05. The van der Waals surface area contributed by atoms with Gasteiger partial charge >= 0.3 is 6.18 Å². The molecule has 0 saturated carbocycles. The first kappa shape index (κ1) is 24.1. The van der Waals surface area contributed by atoms with Crippen molar-refractivity contribution < 1.29 is 33.0 Å². The van der Waals surface area contributed by atoms with Crippen LogP contribution in [0.25, 0.3) is 0 Å². The summed E-state index contributed by atoms with van der Waals surface area (Å²) in [4.78, 5) is 24.8. The summed E-state index contributed by atoms with van der Waals surface area (Å²) in [6.45, 7) is 0. The second kappa shape index (κ2) is 10.7. The summed E-state index contributed by atoms with van der Waals surface area (Å²) in [7, 11) is 0. The Bertz CT molecular complexity index is 950. The molecule has 2 aromatic carbocycles. The fraction of sp³-hybridized carbons (Fsp3) is 0.250. The van der Waals surface area contributed by atoms with E-state index in [1.807, 2.05) is 6.26 Å². The van der Waals surface area contributed by atoms with Crippen LogP contribution in [-0.2, 0) is 11.0 Å². The van der Waals surface area contributed by atoms with Gasteiger partial charge in [-0.3, -0.25) is 9.59 Å². The topological polar surface area (TPSA) is 111 Å². The monoisotopic (exact) mass is 455 g/mol. The second-order valence-corrected chi connectivity index (χ2v) is 7.35. The van der Waals surface area contributed by atoms with Gasteiger partial charge in [-0.05, 0) is 54.8 Å². The van der Waals surface area contributed by atoms with E-state index in [4.69, 9.17) is 0 Å². The van der Waals surface area contributed by atoms with E-state index in [1.54, 1.807) is 0 Å². The number of nitrogens with one attached hydrogen (secondary N) is 2. The maximum absolute atomic E-state index is 12.7. The highest BCUT2D eigenvalue weighted by Crippen LogP contribution is 2.29. The average molecular weight is 455 g/mol. The summed E-state index contributed by atoms with van der Waals surface area (Å²) >= 11 is 1.45. The van der Waals surface area contributed by atoms with E-state index >= 15 is 0 Å². The second-order valence-electron chi connectivity index (χ2n) is 6.36. The van der Waals surface area contributed by atoms with Crippen LogP contribution in [0.3, 0.4) is 0 Å². The largest absolute Gasteiger partial charge is 0.508 e. The van der Waals surface area contributed by atoms with Crippen LogP contribution in [0.4, 0.5) is 13.2 Å². The highest BCUT2D eigenvalue weighted by atomic mass is 32.2. The van der Waals surface area contributed by atoms with Gasteiger partial charge in [0.15, 0.2) is 0 Å². The number of phenols is 2. The molecule has 166 valence electrons. The summed E-state index contributed by atoms with van der Waals surface area (Å²) in [5.41, 5.74) is 1.59. The highest BCUT2D eigenvalue weighted by Gasteiger charge is 2.30. The number of phenolic OH excluding ortho intramolecular Hbond substituents is 2. The summed E-state index contributed by atoms with van der Waals surface area (Å²) in [6, 6.07) is 6.50. The van der Waals surface area contributed by atoms with Crippen molar-refractivity contribution in [3.63, 3.8) is 0 Å². The number of hydrogen-bond acceptors (Lipinski definition) is 6. The number of hydrogen-bond donors (Lipinski definition) is 4. The maximum Gasteiger partial charge on any atom is 0.416 e. The molecule has 2 aromatic rings. The Morgan fingerprint density at radius 3 is 2.42 bits per heavy atom. The number of aromatic hydroxyl groups is 2. The number of rotatable bonds is 8. The SMILES string of the molecule is CSCCC(NC(=O)c1ccc(C(F)(F)F)cc1)C(=O)NN=Cc1ccc(O)cc1O. The first-order valence-electron chi connectivity index (χ1n) is 8.93. The lowest BCUT2D eigenvalue weighted by molar-refractivity contribution is -0.137. The normalized spacial score (nSPS) is 12.5. The van der Waals surface area contributed by atoms with Crippen molar-refractivity contribution in [2.75, 3.05) is 12.0 Å². The molecule has 4 N–H and O–H groups in total. The Hall–Kier alpha value is -3.21. The van der Waals surface area contributed by atoms with Crippen molar-refractivity contribution in [1.29, 1.82) is 0 Å². The number of carbonyl (C=O) groups is 2. The van der Waals surface area contributed by atoms with Crippen molar-refractivity contribution in [1.82, 2.24) is 10.7 Å². The Morgan fingerprint density at radius 1 is 1.16 bits per heavy atom. The van der Waals surface area contributed by atoms with E-state index in [2.05, 4.69) is 15.8 Å². The van der Waals surface area contributed by atoms with Gasteiger partial charge in [-0.1, -0.05) is 0 Å². The first-order chi connectivity index (χ1) is 14.6. The third-order valence-corrected chi connectivity index (χ3v) is 4.74. The number of alkyl halides is 3. The number of amides is 2. The van der Waals surface area contributed by atoms with E-state index in [1.165, 1.54) is 23.9 Å². The van der Waals surface area contributed by atoms with Crippen LogP contribution in [0.5, 0.6) is 11.5 Å². The van der Waals surface area contributed by atoms with Crippen LogP contribution in [0, 0.1) is 0 Å². The molecule has 0 fully saturated rings. The molecule has 0 aromatic heterocycles. The first-order valence-corrected chi connectivity index (χ1v) is 10.3. The lowest BCUT2D eigenvalue weighted by Crippen LogP contribution is -2.45. The highest BCUT2D eigenvalue weighted by molar-refractivity contribution is 7.98. The van der Waals surface area contributed by atoms with Gasteiger partial charge in [-0.15, -0.1) is 0 Å². The fourth-order valence-electron chi connectivity index (χ4n) is 2.44. The van der Waals surface area contributed by atoms with E-state index in [-0.39, 0.29) is 29.0 Å². The predicted octanol–water partition coefficient (Wildman–Crippen LogP) is 3.12. The van der Waals surface area contributed by atoms with Crippen LogP contribution in [0.2, 0.25) is 0 Å². The smallest absolute Gasteiger partial charge is 0.416 e. The lowest BCUT2D eigenvalue weighted by atomic mass is 10.1. The molecule has 0 aliphatic heterocycles. The molecule has 2 amide bonds. The summed E-state index contributed by atoms with van der Waals surface area (Å²) < 4.78 is 38.0. The minimum absolute atomic E-state index is 0.0209. The van der Waals surface area contributed by atoms with Crippen molar-refractivity contribution in [3.8, 4) is 11.5 Å². The maximum atomic E-state index is 12.7. The number of thioether (sulfide) groups is 1. The predicted molar refractivity (Wildman–Crippen MR) is 111 cm³/mol. The minimum atomic E-state index is -4.51. The van der Waals surface area contributed by atoms with Crippen LogP contribution < -0.4 is 10.7 Å². The van der Waals surface area contributed by atoms with Crippen LogP contribution in [0.15, 0.2) is 47.6 Å². The molecule has 0 aliphatic carbocycles. The molecule has 0 spiro atoms. The van der Waals surface area contributed by atoms with E-state index in [9.17, 15) is 33.0 Å². The van der Waals surface area contributed by atoms with Crippen molar-refractivity contribution in [3.05, 3.63) is 59.2 Å². The van der Waals surface area contributed by atoms with Crippen molar-refractivity contribution in [2.45, 2.75) is 18.6 Å². The molecular formula is C20H20F3N3O4S. The van der Waals surface area contributed by atoms with Gasteiger partial charge in [0, 0.05) is 17.2 Å². The Kier molecular flexibility index (Phi) is 8.31. The molecule has 0 saturated heterocycles. The van der Waals surface area contributed by atoms with Crippen molar-refractivity contribution >= 4 is 29.8 Å². The van der Waals surface area contributed by atoms with Gasteiger partial charge < -0.3 is 15.5 Å². The van der Waals surface area contributed by atoms with Crippen LogP contribution >= 0.6 is 11.8 Å². The number of halogens is 3. The van der Waals surface area contributed by atoms with Gasteiger partial charge in [0.05, 0.1) is 11.8 Å². The van der Waals surface area contributed by atoms with Gasteiger partial charge in [0.2, 0.25) is 0 Å². The van der Waals surface area contributed by atoms with Gasteiger partial charge in [0.1, 0.15) is 17.5 Å². The fourth-order valence-corrected chi connectivity index (χ4v) is 2.91. The van der Waals surface area contributed by atoms with Gasteiger partial charge in [0.25, 0.3) is 11.8 Å². The van der Waals surface area contributed by atoms with Crippen LogP contribution in [-0.4, -0.2) is 46.3 Å². The molecule has 2 rings (SSSR count). The van der Waals surface area contributed by atoms with E-state index in [0.29, 0.717) is 5.75 Å². The van der Waals surface area contributed by atoms with Gasteiger partial charge in [-0.2, -0.15) is 30.0 Å².